The highest BCUT2D eigenvalue weighted by molar-refractivity contribution is 9.09. The fraction of sp³-hybridized carbons (Fsp3) is 0.214. The van der Waals surface area contributed by atoms with E-state index in [0.29, 0.717) is 0 Å². The summed E-state index contributed by atoms with van der Waals surface area (Å²) < 4.78 is 22.4. The molecule has 1 heterocycles. The first-order valence-corrected chi connectivity index (χ1v) is 12.4. The highest BCUT2D eigenvalue weighted by Gasteiger charge is 2.60. The molecule has 4 rings (SSSR count). The predicted octanol–water partition coefficient (Wildman–Crippen LogP) is 3.67. The first-order valence-electron chi connectivity index (χ1n) is 11.5. The van der Waals surface area contributed by atoms with Crippen LogP contribution in [-0.2, 0) is 18.9 Å². The lowest BCUT2D eigenvalue weighted by atomic mass is 9.88. The topological polar surface area (TPSA) is 132 Å². The SMILES string of the molecule is N#C[C@]1(O)[C@@H](Br)O[C@H](COC(=O)c2ccccc2)[C@@H](OC(=O)c2ccccc2)[C@@H]1OC(=O)c1ccccc1. The van der Waals surface area contributed by atoms with Gasteiger partial charge in [-0.3, -0.25) is 0 Å². The average molecular weight is 580 g/mol. The third-order valence-corrected chi connectivity index (χ3v) is 6.72. The van der Waals surface area contributed by atoms with Crippen LogP contribution in [0.15, 0.2) is 91.0 Å². The molecule has 1 aliphatic rings. The number of carbonyl (C=O) groups excluding carboxylic acids is 3. The highest BCUT2D eigenvalue weighted by Crippen LogP contribution is 2.37. The van der Waals surface area contributed by atoms with Gasteiger partial charge >= 0.3 is 17.9 Å². The van der Waals surface area contributed by atoms with Gasteiger partial charge in [-0.2, -0.15) is 5.26 Å². The first-order chi connectivity index (χ1) is 18.3. The number of hydrogen-bond donors (Lipinski definition) is 1. The molecule has 10 heteroatoms. The summed E-state index contributed by atoms with van der Waals surface area (Å²) >= 11 is 3.12. The number of halogens is 1. The van der Waals surface area contributed by atoms with E-state index in [2.05, 4.69) is 15.9 Å². The summed E-state index contributed by atoms with van der Waals surface area (Å²) in [4.78, 5) is 38.5. The van der Waals surface area contributed by atoms with Crippen molar-refractivity contribution >= 4 is 33.8 Å². The highest BCUT2D eigenvalue weighted by atomic mass is 79.9. The van der Waals surface area contributed by atoms with Crippen molar-refractivity contribution in [3.05, 3.63) is 108 Å². The van der Waals surface area contributed by atoms with Gasteiger partial charge < -0.3 is 24.1 Å². The molecule has 9 nitrogen and oxygen atoms in total. The van der Waals surface area contributed by atoms with Gasteiger partial charge in [-0.15, -0.1) is 0 Å². The van der Waals surface area contributed by atoms with Gasteiger partial charge in [-0.05, 0) is 36.4 Å². The van der Waals surface area contributed by atoms with Crippen LogP contribution in [0.3, 0.4) is 0 Å². The quantitative estimate of drug-likeness (QED) is 0.192. The standard InChI is InChI=1S/C28H22BrNO8/c29-27-28(34,17-30)23(38-26(33)20-14-8-3-9-15-20)22(37-25(32)19-12-6-2-7-13-19)21(36-27)16-35-24(31)18-10-4-1-5-11-18/h1-15,21-23,27,34H,16H2/t21-,22-,23+,27+,28-/m1/s1. The van der Waals surface area contributed by atoms with Crippen LogP contribution in [0.2, 0.25) is 0 Å². The minimum Gasteiger partial charge on any atom is -0.459 e. The smallest absolute Gasteiger partial charge is 0.338 e. The number of aliphatic hydroxyl groups is 1. The van der Waals surface area contributed by atoms with Gasteiger partial charge in [-0.1, -0.05) is 70.5 Å². The molecule has 0 spiro atoms. The molecule has 1 saturated heterocycles. The van der Waals surface area contributed by atoms with Crippen LogP contribution in [0.25, 0.3) is 0 Å². The molecule has 0 aliphatic carbocycles. The second-order valence-electron chi connectivity index (χ2n) is 8.32. The molecule has 1 fully saturated rings. The Hall–Kier alpha value is -4.04. The number of esters is 3. The second kappa shape index (κ2) is 12.0. The van der Waals surface area contributed by atoms with Crippen molar-refractivity contribution < 1.29 is 38.4 Å². The number of rotatable bonds is 7. The van der Waals surface area contributed by atoms with Gasteiger partial charge in [0.15, 0.2) is 17.2 Å². The van der Waals surface area contributed by atoms with Crippen molar-refractivity contribution in [2.24, 2.45) is 0 Å². The average Bonchev–Trinajstić information content (AvgIpc) is 2.97. The molecule has 0 unspecified atom stereocenters. The van der Waals surface area contributed by atoms with E-state index in [1.54, 1.807) is 72.8 Å². The van der Waals surface area contributed by atoms with Crippen LogP contribution in [-0.4, -0.2) is 58.5 Å². The third-order valence-electron chi connectivity index (χ3n) is 5.80. The summed E-state index contributed by atoms with van der Waals surface area (Å²) in [6, 6.07) is 25.8. The van der Waals surface area contributed by atoms with Crippen LogP contribution in [0.1, 0.15) is 31.1 Å². The van der Waals surface area contributed by atoms with E-state index in [4.69, 9.17) is 18.9 Å². The summed E-state index contributed by atoms with van der Waals surface area (Å²) in [6.45, 7) is -0.441. The predicted molar refractivity (Wildman–Crippen MR) is 136 cm³/mol. The second-order valence-corrected chi connectivity index (χ2v) is 9.15. The van der Waals surface area contributed by atoms with Gasteiger partial charge in [0.1, 0.15) is 18.8 Å². The molecule has 3 aromatic carbocycles. The van der Waals surface area contributed by atoms with Crippen LogP contribution in [0, 0.1) is 11.3 Å². The number of benzene rings is 3. The van der Waals surface area contributed by atoms with E-state index in [9.17, 15) is 24.8 Å². The summed E-state index contributed by atoms with van der Waals surface area (Å²) in [5, 5.41) is 19.7. The number of alkyl halides is 1. The lowest BCUT2D eigenvalue weighted by Gasteiger charge is -2.45. The minimum atomic E-state index is -2.47. The monoisotopic (exact) mass is 579 g/mol. The first kappa shape index (κ1) is 27.0. The van der Waals surface area contributed by atoms with Crippen molar-refractivity contribution in [2.45, 2.75) is 28.9 Å². The van der Waals surface area contributed by atoms with Gasteiger partial charge in [0, 0.05) is 0 Å². The maximum atomic E-state index is 13.0. The Kier molecular flexibility index (Phi) is 8.53. The number of carbonyl (C=O) groups is 3. The van der Waals surface area contributed by atoms with E-state index in [0.717, 1.165) is 0 Å². The molecular weight excluding hydrogens is 558 g/mol. The molecule has 1 N–H and O–H groups in total. The zero-order chi connectivity index (χ0) is 27.1. The van der Waals surface area contributed by atoms with Crippen molar-refractivity contribution in [1.29, 1.82) is 5.26 Å². The van der Waals surface area contributed by atoms with Crippen molar-refractivity contribution in [1.82, 2.24) is 0 Å². The fourth-order valence-corrected chi connectivity index (χ4v) is 4.43. The van der Waals surface area contributed by atoms with E-state index < -0.39 is 53.4 Å². The lowest BCUT2D eigenvalue weighted by molar-refractivity contribution is -0.229. The van der Waals surface area contributed by atoms with Gasteiger partial charge in [-0.25, -0.2) is 14.4 Å². The maximum absolute atomic E-state index is 13.0. The summed E-state index contributed by atoms with van der Waals surface area (Å²) in [5.74, 6) is -2.37. The number of ether oxygens (including phenoxy) is 4. The Morgan fingerprint density at radius 3 is 1.74 bits per heavy atom. The van der Waals surface area contributed by atoms with Gasteiger partial charge in [0.05, 0.1) is 16.7 Å². The Morgan fingerprint density at radius 1 is 0.816 bits per heavy atom. The molecule has 0 amide bonds. The van der Waals surface area contributed by atoms with Crippen molar-refractivity contribution in [3.8, 4) is 6.07 Å². The zero-order valence-electron chi connectivity index (χ0n) is 19.8. The van der Waals surface area contributed by atoms with Gasteiger partial charge in [0.25, 0.3) is 0 Å². The molecule has 0 radical (unpaired) electrons. The molecule has 38 heavy (non-hydrogen) atoms. The van der Waals surface area contributed by atoms with Crippen LogP contribution >= 0.6 is 15.9 Å². The number of nitriles is 1. The van der Waals surface area contributed by atoms with E-state index in [-0.39, 0.29) is 16.7 Å². The molecule has 194 valence electrons. The van der Waals surface area contributed by atoms with E-state index in [1.807, 2.05) is 0 Å². The molecule has 0 bridgehead atoms. The zero-order valence-corrected chi connectivity index (χ0v) is 21.4. The fourth-order valence-electron chi connectivity index (χ4n) is 3.79. The Balaban J connectivity index is 1.65. The van der Waals surface area contributed by atoms with E-state index in [1.165, 1.54) is 24.3 Å². The Labute approximate surface area is 226 Å². The molecular formula is C28H22BrNO8. The van der Waals surface area contributed by atoms with Crippen LogP contribution < -0.4 is 0 Å². The minimum absolute atomic E-state index is 0.144. The summed E-state index contributed by atoms with van der Waals surface area (Å²) in [5.41, 5.74) is -1.88. The summed E-state index contributed by atoms with van der Waals surface area (Å²) in [6.07, 6.45) is -4.47. The molecule has 0 saturated carbocycles. The number of hydrogen-bond acceptors (Lipinski definition) is 9. The van der Waals surface area contributed by atoms with Crippen molar-refractivity contribution in [2.75, 3.05) is 6.61 Å². The normalized spacial score (nSPS) is 24.4. The molecule has 3 aromatic rings. The van der Waals surface area contributed by atoms with Crippen LogP contribution in [0.4, 0.5) is 0 Å². The van der Waals surface area contributed by atoms with E-state index >= 15 is 0 Å². The largest absolute Gasteiger partial charge is 0.459 e. The molecule has 0 aromatic heterocycles. The van der Waals surface area contributed by atoms with Gasteiger partial charge in [0.2, 0.25) is 5.60 Å². The Bertz CT molecular complexity index is 1310. The Morgan fingerprint density at radius 2 is 1.26 bits per heavy atom. The van der Waals surface area contributed by atoms with Crippen molar-refractivity contribution in [3.63, 3.8) is 0 Å². The maximum Gasteiger partial charge on any atom is 0.338 e. The van der Waals surface area contributed by atoms with Crippen LogP contribution in [0.5, 0.6) is 0 Å². The lowest BCUT2D eigenvalue weighted by Crippen LogP contribution is -2.66. The summed E-state index contributed by atoms with van der Waals surface area (Å²) in [7, 11) is 0. The molecule has 5 atom stereocenters. The molecule has 1 aliphatic heterocycles. The third kappa shape index (κ3) is 5.92. The number of nitrogens with zero attached hydrogens (tertiary/aromatic N) is 1.